The van der Waals surface area contributed by atoms with Gasteiger partial charge in [0.2, 0.25) is 5.91 Å². The SMILES string of the molecule is CCOC1CC(NC(=O)C(C)C(=O)O)C1(CC)CC. The topological polar surface area (TPSA) is 75.6 Å². The van der Waals surface area contributed by atoms with E-state index < -0.39 is 17.8 Å². The Morgan fingerprint density at radius 3 is 2.37 bits per heavy atom. The van der Waals surface area contributed by atoms with Crippen molar-refractivity contribution in [1.82, 2.24) is 5.32 Å². The van der Waals surface area contributed by atoms with Gasteiger partial charge in [0.15, 0.2) is 0 Å². The number of carboxylic acid groups (broad SMARTS) is 1. The van der Waals surface area contributed by atoms with Crippen molar-refractivity contribution in [2.24, 2.45) is 11.3 Å². The molecule has 0 aromatic rings. The summed E-state index contributed by atoms with van der Waals surface area (Å²) in [7, 11) is 0. The third-order valence-electron chi connectivity index (χ3n) is 4.55. The molecule has 5 nitrogen and oxygen atoms in total. The maximum atomic E-state index is 11.8. The Hall–Kier alpha value is -1.10. The van der Waals surface area contributed by atoms with E-state index in [2.05, 4.69) is 19.2 Å². The molecule has 3 atom stereocenters. The lowest BCUT2D eigenvalue weighted by atomic mass is 9.58. The Morgan fingerprint density at radius 2 is 1.95 bits per heavy atom. The number of nitrogens with one attached hydrogen (secondary N) is 1. The fourth-order valence-corrected chi connectivity index (χ4v) is 2.99. The molecule has 110 valence electrons. The molecule has 0 heterocycles. The van der Waals surface area contributed by atoms with Gasteiger partial charge in [-0.05, 0) is 33.1 Å². The third-order valence-corrected chi connectivity index (χ3v) is 4.55. The number of ether oxygens (including phenoxy) is 1. The molecule has 2 N–H and O–H groups in total. The average molecular weight is 271 g/mol. The highest BCUT2D eigenvalue weighted by Gasteiger charge is 2.54. The second-order valence-electron chi connectivity index (χ2n) is 5.24. The number of carboxylic acids is 1. The van der Waals surface area contributed by atoms with Crippen molar-refractivity contribution < 1.29 is 19.4 Å². The van der Waals surface area contributed by atoms with Crippen LogP contribution in [0, 0.1) is 11.3 Å². The van der Waals surface area contributed by atoms with Crippen molar-refractivity contribution in [2.45, 2.75) is 59.1 Å². The van der Waals surface area contributed by atoms with E-state index in [0.29, 0.717) is 6.61 Å². The monoisotopic (exact) mass is 271 g/mol. The molecule has 1 fully saturated rings. The summed E-state index contributed by atoms with van der Waals surface area (Å²) in [5.41, 5.74) is -0.0517. The molecule has 3 unspecified atom stereocenters. The van der Waals surface area contributed by atoms with Gasteiger partial charge in [0.05, 0.1) is 6.10 Å². The summed E-state index contributed by atoms with van der Waals surface area (Å²) in [6, 6.07) is 0.0216. The van der Waals surface area contributed by atoms with Gasteiger partial charge in [-0.15, -0.1) is 0 Å². The highest BCUT2D eigenvalue weighted by Crippen LogP contribution is 2.48. The van der Waals surface area contributed by atoms with Crippen LogP contribution in [0.25, 0.3) is 0 Å². The fourth-order valence-electron chi connectivity index (χ4n) is 2.99. The number of hydrogen-bond acceptors (Lipinski definition) is 3. The molecule has 5 heteroatoms. The Kier molecular flexibility index (Phi) is 5.35. The van der Waals surface area contributed by atoms with Crippen LogP contribution in [0.4, 0.5) is 0 Å². The maximum absolute atomic E-state index is 11.8. The minimum absolute atomic E-state index is 0.0216. The van der Waals surface area contributed by atoms with E-state index in [1.807, 2.05) is 6.92 Å². The first-order chi connectivity index (χ1) is 8.92. The zero-order valence-corrected chi connectivity index (χ0v) is 12.2. The summed E-state index contributed by atoms with van der Waals surface area (Å²) in [5, 5.41) is 11.7. The standard InChI is InChI=1S/C14H25NO4/c1-5-14(6-2)10(8-11(14)19-7-3)15-12(16)9(4)13(17)18/h9-11H,5-8H2,1-4H3,(H,15,16)(H,17,18). The van der Waals surface area contributed by atoms with E-state index >= 15 is 0 Å². The summed E-state index contributed by atoms with van der Waals surface area (Å²) >= 11 is 0. The van der Waals surface area contributed by atoms with Gasteiger partial charge < -0.3 is 15.2 Å². The van der Waals surface area contributed by atoms with E-state index in [4.69, 9.17) is 9.84 Å². The number of amides is 1. The second kappa shape index (κ2) is 6.37. The van der Waals surface area contributed by atoms with Crippen molar-refractivity contribution in [2.75, 3.05) is 6.61 Å². The van der Waals surface area contributed by atoms with Crippen LogP contribution in [0.3, 0.4) is 0 Å². The summed E-state index contributed by atoms with van der Waals surface area (Å²) in [5.74, 6) is -2.49. The van der Waals surface area contributed by atoms with Gasteiger partial charge in [-0.25, -0.2) is 0 Å². The van der Waals surface area contributed by atoms with Crippen LogP contribution in [0.1, 0.15) is 47.0 Å². The normalized spacial score (nSPS) is 26.3. The second-order valence-corrected chi connectivity index (χ2v) is 5.24. The van der Waals surface area contributed by atoms with Crippen LogP contribution in [-0.2, 0) is 14.3 Å². The van der Waals surface area contributed by atoms with Gasteiger partial charge in [0, 0.05) is 18.1 Å². The quantitative estimate of drug-likeness (QED) is 0.692. The Bertz CT molecular complexity index is 338. The van der Waals surface area contributed by atoms with Gasteiger partial charge in [0.25, 0.3) is 0 Å². The van der Waals surface area contributed by atoms with Crippen LogP contribution in [0.15, 0.2) is 0 Å². The molecule has 0 spiro atoms. The lowest BCUT2D eigenvalue weighted by Gasteiger charge is -2.55. The molecule has 1 rings (SSSR count). The first kappa shape index (κ1) is 16.0. The van der Waals surface area contributed by atoms with Gasteiger partial charge in [-0.1, -0.05) is 13.8 Å². The molecule has 19 heavy (non-hydrogen) atoms. The van der Waals surface area contributed by atoms with E-state index in [-0.39, 0.29) is 17.6 Å². The zero-order valence-electron chi connectivity index (χ0n) is 12.2. The molecular formula is C14H25NO4. The lowest BCUT2D eigenvalue weighted by Crippen LogP contribution is -2.65. The zero-order chi connectivity index (χ0) is 14.6. The number of carbonyl (C=O) groups is 2. The smallest absolute Gasteiger partial charge is 0.315 e. The summed E-state index contributed by atoms with van der Waals surface area (Å²) in [6.07, 6.45) is 2.77. The molecule has 0 saturated heterocycles. The molecule has 0 aromatic heterocycles. The van der Waals surface area contributed by atoms with Crippen LogP contribution in [-0.4, -0.2) is 35.7 Å². The molecule has 1 aliphatic rings. The first-order valence-corrected chi connectivity index (χ1v) is 7.07. The van der Waals surface area contributed by atoms with E-state index in [0.717, 1.165) is 19.3 Å². The van der Waals surface area contributed by atoms with E-state index in [9.17, 15) is 9.59 Å². The predicted octanol–water partition coefficient (Wildman–Crippen LogP) is 1.81. The minimum atomic E-state index is -1.09. The highest BCUT2D eigenvalue weighted by atomic mass is 16.5. The van der Waals surface area contributed by atoms with Crippen LogP contribution in [0.2, 0.25) is 0 Å². The predicted molar refractivity (Wildman–Crippen MR) is 71.8 cm³/mol. The van der Waals surface area contributed by atoms with Crippen LogP contribution >= 0.6 is 0 Å². The molecule has 0 aromatic carbocycles. The minimum Gasteiger partial charge on any atom is -0.481 e. The van der Waals surface area contributed by atoms with Gasteiger partial charge in [0.1, 0.15) is 5.92 Å². The number of hydrogen-bond donors (Lipinski definition) is 2. The fraction of sp³-hybridized carbons (Fsp3) is 0.857. The third kappa shape index (κ3) is 2.91. The van der Waals surface area contributed by atoms with E-state index in [1.54, 1.807) is 0 Å². The van der Waals surface area contributed by atoms with Gasteiger partial charge in [-0.3, -0.25) is 9.59 Å². The molecule has 0 bridgehead atoms. The Morgan fingerprint density at radius 1 is 1.37 bits per heavy atom. The summed E-state index contributed by atoms with van der Waals surface area (Å²) < 4.78 is 5.73. The van der Waals surface area contributed by atoms with Crippen LogP contribution < -0.4 is 5.32 Å². The molecular weight excluding hydrogens is 246 g/mol. The van der Waals surface area contributed by atoms with Crippen molar-refractivity contribution in [1.29, 1.82) is 0 Å². The molecule has 1 amide bonds. The van der Waals surface area contributed by atoms with Crippen molar-refractivity contribution in [3.63, 3.8) is 0 Å². The molecule has 0 aliphatic heterocycles. The Labute approximate surface area is 114 Å². The van der Waals surface area contributed by atoms with E-state index in [1.165, 1.54) is 6.92 Å². The Balaban J connectivity index is 2.69. The van der Waals surface area contributed by atoms with Crippen molar-refractivity contribution >= 4 is 11.9 Å². The number of carbonyl (C=O) groups excluding carboxylic acids is 1. The van der Waals surface area contributed by atoms with Gasteiger partial charge >= 0.3 is 5.97 Å². The maximum Gasteiger partial charge on any atom is 0.315 e. The highest BCUT2D eigenvalue weighted by molar-refractivity contribution is 5.96. The van der Waals surface area contributed by atoms with Crippen LogP contribution in [0.5, 0.6) is 0 Å². The van der Waals surface area contributed by atoms with Gasteiger partial charge in [-0.2, -0.15) is 0 Å². The average Bonchev–Trinajstić information content (AvgIpc) is 2.37. The molecule has 0 radical (unpaired) electrons. The molecule has 1 aliphatic carbocycles. The number of aliphatic carboxylic acids is 1. The molecule has 1 saturated carbocycles. The van der Waals surface area contributed by atoms with Crippen molar-refractivity contribution in [3.05, 3.63) is 0 Å². The lowest BCUT2D eigenvalue weighted by molar-refractivity contribution is -0.155. The summed E-state index contributed by atoms with van der Waals surface area (Å²) in [6.45, 7) is 8.23. The largest absolute Gasteiger partial charge is 0.481 e. The summed E-state index contributed by atoms with van der Waals surface area (Å²) in [4.78, 5) is 22.6. The number of rotatable bonds is 7. The van der Waals surface area contributed by atoms with Crippen molar-refractivity contribution in [3.8, 4) is 0 Å². The first-order valence-electron chi connectivity index (χ1n) is 7.07.